The van der Waals surface area contributed by atoms with Crippen LogP contribution in [0.25, 0.3) is 0 Å². The van der Waals surface area contributed by atoms with Gasteiger partial charge in [0.05, 0.1) is 5.41 Å². The first-order valence-corrected chi connectivity index (χ1v) is 8.83. The van der Waals surface area contributed by atoms with E-state index >= 15 is 0 Å². The largest absolute Gasteiger partial charge is 0.481 e. The summed E-state index contributed by atoms with van der Waals surface area (Å²) in [4.78, 5) is 11.9. The number of hydrogen-bond donors (Lipinski definition) is 1. The second-order valence-electron chi connectivity index (χ2n) is 8.75. The standard InChI is InChI=1S/C20H30O2/c1-5-18(2)12-9-15-14(13-18)7-8-16-19(15,3)10-6-11-20(16,4)17(21)22/h5,9,14,16H,1,6-8,10-13H2,2-4H3,(H,21,22)/t14-,16-,18-,19-,20+/m0/s1/i1+2. The van der Waals surface area contributed by atoms with Crippen LogP contribution >= 0.6 is 0 Å². The Labute approximate surface area is 134 Å². The van der Waals surface area contributed by atoms with E-state index in [1.54, 1.807) is 5.57 Å². The van der Waals surface area contributed by atoms with Crippen molar-refractivity contribution in [2.45, 2.75) is 65.7 Å². The molecule has 0 spiro atoms. The lowest BCUT2D eigenvalue weighted by atomic mass is 9.46. The highest BCUT2D eigenvalue weighted by molar-refractivity contribution is 5.75. The Morgan fingerprint density at radius 2 is 2.05 bits per heavy atom. The van der Waals surface area contributed by atoms with Crippen LogP contribution < -0.4 is 0 Å². The molecule has 0 aliphatic heterocycles. The maximum Gasteiger partial charge on any atom is 0.309 e. The predicted molar refractivity (Wildman–Crippen MR) is 89.5 cm³/mol. The molecular weight excluding hydrogens is 274 g/mol. The first kappa shape index (κ1) is 15.8. The molecule has 2 saturated carbocycles. The molecule has 0 heterocycles. The zero-order chi connectivity index (χ0) is 16.2. The van der Waals surface area contributed by atoms with Gasteiger partial charge in [-0.05, 0) is 68.1 Å². The Hall–Kier alpha value is -1.05. The number of carbonyl (C=O) groups is 1. The van der Waals surface area contributed by atoms with E-state index in [1.165, 1.54) is 6.42 Å². The molecule has 0 amide bonds. The Bertz CT molecular complexity index is 534. The van der Waals surface area contributed by atoms with Crippen molar-refractivity contribution in [1.82, 2.24) is 0 Å². The molecule has 2 nitrogen and oxygen atoms in total. The van der Waals surface area contributed by atoms with Crippen LogP contribution in [0.5, 0.6) is 0 Å². The van der Waals surface area contributed by atoms with Crippen molar-refractivity contribution in [2.75, 3.05) is 0 Å². The first-order valence-electron chi connectivity index (χ1n) is 8.83. The molecule has 22 heavy (non-hydrogen) atoms. The van der Waals surface area contributed by atoms with Crippen LogP contribution in [0.1, 0.15) is 65.7 Å². The molecule has 0 bridgehead atoms. The van der Waals surface area contributed by atoms with E-state index in [0.29, 0.717) is 11.8 Å². The maximum atomic E-state index is 11.9. The lowest BCUT2D eigenvalue weighted by molar-refractivity contribution is -0.160. The Balaban J connectivity index is 1.99. The fourth-order valence-electron chi connectivity index (χ4n) is 5.87. The summed E-state index contributed by atoms with van der Waals surface area (Å²) in [5.74, 6) is 0.338. The monoisotopic (exact) mass is 304 g/mol. The van der Waals surface area contributed by atoms with E-state index in [1.807, 2.05) is 6.92 Å². The van der Waals surface area contributed by atoms with Crippen LogP contribution in [0.4, 0.5) is 0 Å². The average molecular weight is 304 g/mol. The van der Waals surface area contributed by atoms with E-state index in [0.717, 1.165) is 38.5 Å². The van der Waals surface area contributed by atoms with Gasteiger partial charge in [-0.3, -0.25) is 4.79 Å². The lowest BCUT2D eigenvalue weighted by Gasteiger charge is -2.58. The smallest absolute Gasteiger partial charge is 0.309 e. The van der Waals surface area contributed by atoms with E-state index in [9.17, 15) is 9.90 Å². The summed E-state index contributed by atoms with van der Waals surface area (Å²) in [6, 6.07) is 0. The third kappa shape index (κ3) is 2.10. The number of fused-ring (bicyclic) bond motifs is 3. The van der Waals surface area contributed by atoms with Crippen molar-refractivity contribution in [3.05, 3.63) is 24.3 Å². The fourth-order valence-corrected chi connectivity index (χ4v) is 5.87. The van der Waals surface area contributed by atoms with Crippen molar-refractivity contribution < 1.29 is 9.90 Å². The van der Waals surface area contributed by atoms with Gasteiger partial charge < -0.3 is 5.11 Å². The number of rotatable bonds is 2. The minimum Gasteiger partial charge on any atom is -0.481 e. The summed E-state index contributed by atoms with van der Waals surface area (Å²) >= 11 is 0. The fraction of sp³-hybridized carbons (Fsp3) is 0.750. The summed E-state index contributed by atoms with van der Waals surface area (Å²) in [6.07, 6.45) is 12.1. The molecule has 5 atom stereocenters. The number of hydrogen-bond acceptors (Lipinski definition) is 1. The SMILES string of the molecule is C[C@]1(C=[14CH2])CC=C2[C@@H](CC[C@@H]3[C@](C)(C(=O)O)CCC[C@@]23C)C1. The molecule has 0 aromatic carbocycles. The molecule has 0 unspecified atom stereocenters. The van der Waals surface area contributed by atoms with Crippen LogP contribution in [0.3, 0.4) is 0 Å². The Kier molecular flexibility index (Phi) is 3.58. The third-order valence-corrected chi connectivity index (χ3v) is 7.32. The van der Waals surface area contributed by atoms with E-state index < -0.39 is 11.4 Å². The van der Waals surface area contributed by atoms with E-state index in [-0.39, 0.29) is 10.8 Å². The number of aliphatic carboxylic acids is 1. The van der Waals surface area contributed by atoms with Gasteiger partial charge in [-0.1, -0.05) is 38.0 Å². The van der Waals surface area contributed by atoms with Gasteiger partial charge in [0.25, 0.3) is 0 Å². The summed E-state index contributed by atoms with van der Waals surface area (Å²) in [5, 5.41) is 9.84. The molecule has 2 fully saturated rings. The number of allylic oxidation sites excluding steroid dienone is 3. The van der Waals surface area contributed by atoms with Gasteiger partial charge in [0.1, 0.15) is 0 Å². The van der Waals surface area contributed by atoms with Crippen molar-refractivity contribution in [3.63, 3.8) is 0 Å². The quantitative estimate of drug-likeness (QED) is 0.711. The lowest BCUT2D eigenvalue weighted by Crippen LogP contribution is -2.52. The second kappa shape index (κ2) is 4.97. The summed E-state index contributed by atoms with van der Waals surface area (Å²) < 4.78 is 0. The normalized spacial score (nSPS) is 47.9. The molecule has 0 saturated heterocycles. The molecule has 0 aromatic heterocycles. The van der Waals surface area contributed by atoms with Crippen LogP contribution in [0, 0.1) is 28.1 Å². The molecule has 0 radical (unpaired) electrons. The van der Waals surface area contributed by atoms with Gasteiger partial charge >= 0.3 is 5.97 Å². The number of carboxylic acid groups (broad SMARTS) is 1. The number of carboxylic acids is 1. The minimum atomic E-state index is -0.589. The van der Waals surface area contributed by atoms with Crippen molar-refractivity contribution >= 4 is 5.97 Å². The van der Waals surface area contributed by atoms with Gasteiger partial charge in [0.15, 0.2) is 0 Å². The Morgan fingerprint density at radius 3 is 2.68 bits per heavy atom. The van der Waals surface area contributed by atoms with E-state index in [2.05, 4.69) is 32.6 Å². The molecule has 2 heteroatoms. The Morgan fingerprint density at radius 1 is 1.32 bits per heavy atom. The van der Waals surface area contributed by atoms with Crippen LogP contribution in [-0.2, 0) is 4.79 Å². The van der Waals surface area contributed by atoms with Crippen LogP contribution in [-0.4, -0.2) is 11.1 Å². The van der Waals surface area contributed by atoms with Gasteiger partial charge in [-0.2, -0.15) is 0 Å². The van der Waals surface area contributed by atoms with Crippen LogP contribution in [0.2, 0.25) is 0 Å². The van der Waals surface area contributed by atoms with Crippen molar-refractivity contribution in [3.8, 4) is 0 Å². The van der Waals surface area contributed by atoms with Crippen molar-refractivity contribution in [1.29, 1.82) is 0 Å². The van der Waals surface area contributed by atoms with Gasteiger partial charge in [0, 0.05) is 0 Å². The maximum absolute atomic E-state index is 11.9. The summed E-state index contributed by atoms with van der Waals surface area (Å²) in [7, 11) is 0. The first-order chi connectivity index (χ1) is 10.3. The van der Waals surface area contributed by atoms with Gasteiger partial charge in [0.2, 0.25) is 0 Å². The van der Waals surface area contributed by atoms with E-state index in [4.69, 9.17) is 0 Å². The van der Waals surface area contributed by atoms with Crippen molar-refractivity contribution in [2.24, 2.45) is 28.1 Å². The molecular formula is C20H30O2. The van der Waals surface area contributed by atoms with Crippen LogP contribution in [0.15, 0.2) is 24.3 Å². The topological polar surface area (TPSA) is 37.3 Å². The molecule has 122 valence electrons. The highest BCUT2D eigenvalue weighted by atomic mass is 16.4. The summed E-state index contributed by atoms with van der Waals surface area (Å²) in [5.41, 5.74) is 1.35. The van der Waals surface area contributed by atoms with Gasteiger partial charge in [-0.15, -0.1) is 6.58 Å². The highest BCUT2D eigenvalue weighted by Crippen LogP contribution is 2.63. The zero-order valence-corrected chi connectivity index (χ0v) is 14.3. The van der Waals surface area contributed by atoms with Gasteiger partial charge in [-0.25, -0.2) is 0 Å². The molecule has 1 N–H and O–H groups in total. The predicted octanol–water partition coefficient (Wildman–Crippen LogP) is 5.21. The molecule has 3 aliphatic carbocycles. The zero-order valence-electron chi connectivity index (χ0n) is 14.3. The highest BCUT2D eigenvalue weighted by Gasteiger charge is 2.57. The summed E-state index contributed by atoms with van der Waals surface area (Å²) in [6.45, 7) is 10.7. The third-order valence-electron chi connectivity index (χ3n) is 7.32. The average Bonchev–Trinajstić information content (AvgIpc) is 2.46. The second-order valence-corrected chi connectivity index (χ2v) is 8.75. The minimum absolute atomic E-state index is 0.0941. The molecule has 3 aliphatic rings. The molecule has 0 aromatic rings. The molecule has 3 rings (SSSR count).